The van der Waals surface area contributed by atoms with E-state index in [4.69, 9.17) is 0 Å². The van der Waals surface area contributed by atoms with E-state index in [2.05, 4.69) is 28.1 Å². The summed E-state index contributed by atoms with van der Waals surface area (Å²) in [6.07, 6.45) is 1.03. The minimum atomic E-state index is -0.350. The molecule has 1 aliphatic rings. The Morgan fingerprint density at radius 3 is 2.78 bits per heavy atom. The quantitative estimate of drug-likeness (QED) is 0.583. The zero-order chi connectivity index (χ0) is 15.8. The van der Waals surface area contributed by atoms with Gasteiger partial charge in [-0.25, -0.2) is 0 Å². The van der Waals surface area contributed by atoms with Gasteiger partial charge in [0.25, 0.3) is 5.69 Å². The van der Waals surface area contributed by atoms with Crippen LogP contribution in [0.1, 0.15) is 5.69 Å². The first-order chi connectivity index (χ1) is 11.2. The molecule has 2 aromatic carbocycles. The molecule has 0 amide bonds. The van der Waals surface area contributed by atoms with Crippen LogP contribution in [0.15, 0.2) is 48.5 Å². The Morgan fingerprint density at radius 2 is 1.91 bits per heavy atom. The second-order valence-corrected chi connectivity index (χ2v) is 5.87. The number of nitro benzene ring substituents is 1. The van der Waals surface area contributed by atoms with Gasteiger partial charge in [-0.3, -0.25) is 10.1 Å². The number of benzene rings is 2. The lowest BCUT2D eigenvalue weighted by atomic mass is 10.0. The van der Waals surface area contributed by atoms with Gasteiger partial charge >= 0.3 is 0 Å². The van der Waals surface area contributed by atoms with Crippen molar-refractivity contribution in [3.63, 3.8) is 0 Å². The number of rotatable bonds is 2. The van der Waals surface area contributed by atoms with E-state index in [-0.39, 0.29) is 10.6 Å². The number of hydrogen-bond acceptors (Lipinski definition) is 3. The van der Waals surface area contributed by atoms with Gasteiger partial charge in [-0.05, 0) is 28.6 Å². The average molecular weight is 307 g/mol. The van der Waals surface area contributed by atoms with E-state index in [9.17, 15) is 10.1 Å². The maximum Gasteiger partial charge on any atom is 0.270 e. The van der Waals surface area contributed by atoms with Gasteiger partial charge in [0, 0.05) is 49.4 Å². The van der Waals surface area contributed by atoms with Crippen LogP contribution in [0.4, 0.5) is 5.69 Å². The van der Waals surface area contributed by atoms with Gasteiger partial charge in [0.2, 0.25) is 0 Å². The molecule has 0 saturated heterocycles. The third-order valence-electron chi connectivity index (χ3n) is 4.45. The summed E-state index contributed by atoms with van der Waals surface area (Å²) in [5.41, 5.74) is 4.57. The van der Waals surface area contributed by atoms with E-state index < -0.39 is 0 Å². The summed E-state index contributed by atoms with van der Waals surface area (Å²) in [5.74, 6) is 0. The average Bonchev–Trinajstić information content (AvgIpc) is 2.75. The highest BCUT2D eigenvalue weighted by molar-refractivity contribution is 5.86. The third kappa shape index (κ3) is 2.49. The molecular formula is C18H17N3O2. The van der Waals surface area contributed by atoms with Crippen LogP contribution in [0.2, 0.25) is 0 Å². The lowest BCUT2D eigenvalue weighted by Gasteiger charge is -2.08. The molecule has 116 valence electrons. The Balaban J connectivity index is 1.84. The van der Waals surface area contributed by atoms with Gasteiger partial charge in [-0.2, -0.15) is 0 Å². The van der Waals surface area contributed by atoms with Crippen LogP contribution in [0.3, 0.4) is 0 Å². The van der Waals surface area contributed by atoms with Crippen molar-refractivity contribution in [3.8, 4) is 11.1 Å². The molecule has 0 atom stereocenters. The highest BCUT2D eigenvalue weighted by Gasteiger charge is 2.13. The molecule has 5 nitrogen and oxygen atoms in total. The van der Waals surface area contributed by atoms with E-state index in [0.717, 1.165) is 37.2 Å². The fourth-order valence-corrected chi connectivity index (χ4v) is 3.29. The predicted octanol–water partition coefficient (Wildman–Crippen LogP) is 3.36. The zero-order valence-corrected chi connectivity index (χ0v) is 12.7. The van der Waals surface area contributed by atoms with Crippen LogP contribution in [0.25, 0.3) is 22.0 Å². The normalized spacial score (nSPS) is 14.4. The molecule has 23 heavy (non-hydrogen) atoms. The summed E-state index contributed by atoms with van der Waals surface area (Å²) in [4.78, 5) is 10.6. The topological polar surface area (TPSA) is 60.1 Å². The Kier molecular flexibility index (Phi) is 3.35. The van der Waals surface area contributed by atoms with E-state index in [0.29, 0.717) is 0 Å². The smallest absolute Gasteiger partial charge is 0.270 e. The number of fused-ring (bicyclic) bond motifs is 3. The largest absolute Gasteiger partial charge is 0.343 e. The van der Waals surface area contributed by atoms with Crippen molar-refractivity contribution in [1.82, 2.24) is 9.88 Å². The molecule has 3 aromatic rings. The lowest BCUT2D eigenvalue weighted by Crippen LogP contribution is -2.17. The fraction of sp³-hybridized carbons (Fsp3) is 0.222. The highest BCUT2D eigenvalue weighted by atomic mass is 16.6. The van der Waals surface area contributed by atoms with Gasteiger partial charge in [-0.1, -0.05) is 24.3 Å². The van der Waals surface area contributed by atoms with Gasteiger partial charge < -0.3 is 9.88 Å². The SMILES string of the molecule is O=[N+]([O-])c1cccc(-c2ccc3cc4n(c3c2)CCNCC4)c1. The maximum absolute atomic E-state index is 11.0. The number of nitrogens with zero attached hydrogens (tertiary/aromatic N) is 2. The minimum absolute atomic E-state index is 0.126. The van der Waals surface area contributed by atoms with Crippen LogP contribution >= 0.6 is 0 Å². The molecule has 4 rings (SSSR count). The molecule has 0 fully saturated rings. The molecule has 0 radical (unpaired) electrons. The van der Waals surface area contributed by atoms with Crippen molar-refractivity contribution in [2.75, 3.05) is 13.1 Å². The van der Waals surface area contributed by atoms with Gasteiger partial charge in [0.15, 0.2) is 0 Å². The first-order valence-corrected chi connectivity index (χ1v) is 7.80. The summed E-state index contributed by atoms with van der Waals surface area (Å²) in [6.45, 7) is 2.93. The molecular weight excluding hydrogens is 290 g/mol. The zero-order valence-electron chi connectivity index (χ0n) is 12.7. The number of non-ortho nitro benzene ring substituents is 1. The number of nitro groups is 1. The number of nitrogens with one attached hydrogen (secondary N) is 1. The van der Waals surface area contributed by atoms with Crippen molar-refractivity contribution in [2.24, 2.45) is 0 Å². The molecule has 1 N–H and O–H groups in total. The molecule has 0 aliphatic carbocycles. The second kappa shape index (κ2) is 5.52. The standard InChI is InChI=1S/C18H17N3O2/c22-21(23)17-3-1-2-13(10-17)14-4-5-15-11-16-6-7-19-8-9-20(16)18(15)12-14/h1-5,10-12,19H,6-9H2. The summed E-state index contributed by atoms with van der Waals surface area (Å²) < 4.78 is 2.36. The molecule has 0 spiro atoms. The second-order valence-electron chi connectivity index (χ2n) is 5.87. The molecule has 1 aliphatic heterocycles. The van der Waals surface area contributed by atoms with Crippen molar-refractivity contribution in [3.05, 3.63) is 64.3 Å². The molecule has 0 saturated carbocycles. The molecule has 2 heterocycles. The molecule has 0 unspecified atom stereocenters. The van der Waals surface area contributed by atoms with E-state index >= 15 is 0 Å². The van der Waals surface area contributed by atoms with Crippen LogP contribution in [0, 0.1) is 10.1 Å². The molecule has 1 aromatic heterocycles. The summed E-state index contributed by atoms with van der Waals surface area (Å²) >= 11 is 0. The third-order valence-corrected chi connectivity index (χ3v) is 4.45. The molecule has 0 bridgehead atoms. The van der Waals surface area contributed by atoms with Crippen molar-refractivity contribution in [1.29, 1.82) is 0 Å². The van der Waals surface area contributed by atoms with Crippen LogP contribution in [-0.4, -0.2) is 22.6 Å². The Bertz CT molecular complexity index is 898. The maximum atomic E-state index is 11.0. The van der Waals surface area contributed by atoms with Crippen molar-refractivity contribution < 1.29 is 4.92 Å². The Morgan fingerprint density at radius 1 is 1.04 bits per heavy atom. The minimum Gasteiger partial charge on any atom is -0.343 e. The Labute approximate surface area is 133 Å². The monoisotopic (exact) mass is 307 g/mol. The van der Waals surface area contributed by atoms with Gasteiger partial charge in [0.05, 0.1) is 4.92 Å². The summed E-state index contributed by atoms with van der Waals surface area (Å²) in [5, 5.41) is 15.6. The summed E-state index contributed by atoms with van der Waals surface area (Å²) in [6, 6.07) is 15.4. The summed E-state index contributed by atoms with van der Waals surface area (Å²) in [7, 11) is 0. The van der Waals surface area contributed by atoms with E-state index in [1.807, 2.05) is 12.1 Å². The molecule has 5 heteroatoms. The van der Waals surface area contributed by atoms with Crippen LogP contribution < -0.4 is 5.32 Å². The van der Waals surface area contributed by atoms with Crippen LogP contribution in [-0.2, 0) is 13.0 Å². The van der Waals surface area contributed by atoms with Crippen LogP contribution in [0.5, 0.6) is 0 Å². The predicted molar refractivity (Wildman–Crippen MR) is 90.6 cm³/mol. The first-order valence-electron chi connectivity index (χ1n) is 7.80. The first kappa shape index (κ1) is 14.0. The highest BCUT2D eigenvalue weighted by Crippen LogP contribution is 2.29. The van der Waals surface area contributed by atoms with Gasteiger partial charge in [0.1, 0.15) is 0 Å². The van der Waals surface area contributed by atoms with E-state index in [1.165, 1.54) is 22.7 Å². The van der Waals surface area contributed by atoms with Crippen molar-refractivity contribution >= 4 is 16.6 Å². The number of hydrogen-bond donors (Lipinski definition) is 1. The van der Waals surface area contributed by atoms with E-state index in [1.54, 1.807) is 12.1 Å². The Hall–Kier alpha value is -2.66. The fourth-order valence-electron chi connectivity index (χ4n) is 3.29. The lowest BCUT2D eigenvalue weighted by molar-refractivity contribution is -0.384. The number of aromatic nitrogens is 1. The van der Waals surface area contributed by atoms with Gasteiger partial charge in [-0.15, -0.1) is 0 Å². The van der Waals surface area contributed by atoms with Crippen molar-refractivity contribution in [2.45, 2.75) is 13.0 Å².